The minimum absolute atomic E-state index is 0.0752. The van der Waals surface area contributed by atoms with Gasteiger partial charge < -0.3 is 20.6 Å². The van der Waals surface area contributed by atoms with Crippen molar-refractivity contribution in [2.75, 3.05) is 35.2 Å². The lowest BCUT2D eigenvalue weighted by atomic mass is 9.93. The van der Waals surface area contributed by atoms with Gasteiger partial charge in [-0.25, -0.2) is 18.1 Å². The Morgan fingerprint density at radius 2 is 1.76 bits per heavy atom. The Hall–Kier alpha value is -2.69. The first-order valence-electron chi connectivity index (χ1n) is 13.0. The SMILES string of the molecule is CC(C)(C)NS(=O)(=O)c1cccc(NC(=O)c2ccc(NC3(CO)CC3)cc2N2CCC3(CC2)CC3)n1. The van der Waals surface area contributed by atoms with Gasteiger partial charge in [0.1, 0.15) is 5.82 Å². The van der Waals surface area contributed by atoms with Gasteiger partial charge in [-0.3, -0.25) is 4.79 Å². The summed E-state index contributed by atoms with van der Waals surface area (Å²) in [5.74, 6) is -0.176. The van der Waals surface area contributed by atoms with Crippen molar-refractivity contribution >= 4 is 33.1 Å². The summed E-state index contributed by atoms with van der Waals surface area (Å²) in [5.41, 5.74) is 1.80. The maximum absolute atomic E-state index is 13.5. The second-order valence-electron chi connectivity index (χ2n) is 12.0. The average molecular weight is 528 g/mol. The second kappa shape index (κ2) is 9.25. The lowest BCUT2D eigenvalue weighted by Crippen LogP contribution is -2.40. The Kier molecular flexibility index (Phi) is 6.49. The van der Waals surface area contributed by atoms with Gasteiger partial charge in [0.05, 0.1) is 23.4 Å². The average Bonchev–Trinajstić information content (AvgIpc) is 3.77. The van der Waals surface area contributed by atoms with Crippen LogP contribution in [0.4, 0.5) is 17.2 Å². The molecule has 5 rings (SSSR count). The van der Waals surface area contributed by atoms with E-state index in [1.165, 1.54) is 18.9 Å². The molecule has 0 atom stereocenters. The number of carbonyl (C=O) groups excluding carboxylic acids is 1. The number of aliphatic hydroxyl groups is 1. The van der Waals surface area contributed by atoms with E-state index in [-0.39, 0.29) is 28.9 Å². The van der Waals surface area contributed by atoms with Gasteiger partial charge in [0.25, 0.3) is 15.9 Å². The van der Waals surface area contributed by atoms with Crippen molar-refractivity contribution in [1.29, 1.82) is 0 Å². The van der Waals surface area contributed by atoms with Gasteiger partial charge in [-0.05, 0) is 95.0 Å². The molecule has 1 amide bonds. The number of sulfonamides is 1. The first-order chi connectivity index (χ1) is 17.4. The van der Waals surface area contributed by atoms with E-state index in [0.29, 0.717) is 11.0 Å². The van der Waals surface area contributed by atoms with Gasteiger partial charge in [-0.1, -0.05) is 6.07 Å². The molecule has 1 aromatic heterocycles. The molecule has 1 aromatic carbocycles. The van der Waals surface area contributed by atoms with E-state index < -0.39 is 15.6 Å². The van der Waals surface area contributed by atoms with E-state index in [1.807, 2.05) is 12.1 Å². The second-order valence-corrected chi connectivity index (χ2v) is 13.6. The predicted octanol–water partition coefficient (Wildman–Crippen LogP) is 3.73. The fourth-order valence-corrected chi connectivity index (χ4v) is 6.40. The summed E-state index contributed by atoms with van der Waals surface area (Å²) in [6, 6.07) is 10.2. The van der Waals surface area contributed by atoms with E-state index in [1.54, 1.807) is 39.0 Å². The zero-order valence-corrected chi connectivity index (χ0v) is 22.6. The fraction of sp³-hybridized carbons (Fsp3) is 0.556. The molecule has 2 aromatic rings. The third kappa shape index (κ3) is 5.91. The van der Waals surface area contributed by atoms with Crippen LogP contribution < -0.4 is 20.3 Å². The highest BCUT2D eigenvalue weighted by Gasteiger charge is 2.45. The minimum Gasteiger partial charge on any atom is -0.394 e. The molecule has 9 nitrogen and oxygen atoms in total. The van der Waals surface area contributed by atoms with E-state index in [4.69, 9.17) is 0 Å². The predicted molar refractivity (Wildman–Crippen MR) is 144 cm³/mol. The summed E-state index contributed by atoms with van der Waals surface area (Å²) in [4.78, 5) is 19.9. The number of anilines is 3. The van der Waals surface area contributed by atoms with E-state index in [0.717, 1.165) is 50.1 Å². The number of benzene rings is 1. The molecule has 3 aliphatic rings. The summed E-state index contributed by atoms with van der Waals surface area (Å²) < 4.78 is 28.1. The fourth-order valence-electron chi connectivity index (χ4n) is 5.01. The first kappa shape index (κ1) is 25.9. The van der Waals surface area contributed by atoms with Crippen molar-refractivity contribution in [2.24, 2.45) is 5.41 Å². The zero-order chi connectivity index (χ0) is 26.5. The van der Waals surface area contributed by atoms with Crippen LogP contribution in [0.5, 0.6) is 0 Å². The van der Waals surface area contributed by atoms with Crippen LogP contribution in [0, 0.1) is 5.41 Å². The van der Waals surface area contributed by atoms with Gasteiger partial charge in [0.15, 0.2) is 5.03 Å². The number of nitrogens with zero attached hydrogens (tertiary/aromatic N) is 2. The molecule has 10 heteroatoms. The van der Waals surface area contributed by atoms with Gasteiger partial charge in [-0.15, -0.1) is 0 Å². The van der Waals surface area contributed by atoms with Crippen LogP contribution in [0.15, 0.2) is 41.4 Å². The standard InChI is InChI=1S/C27H37N5O4S/c1-25(2,3)31-37(35,36)23-6-4-5-22(28-23)29-24(34)20-8-7-19(30-27(18-33)11-12-27)17-21(20)32-15-13-26(9-10-26)14-16-32/h4-8,17,30-31,33H,9-16,18H2,1-3H3,(H,28,29,34). The molecule has 200 valence electrons. The van der Waals surface area contributed by atoms with Crippen molar-refractivity contribution in [1.82, 2.24) is 9.71 Å². The number of amides is 1. The molecule has 1 aliphatic heterocycles. The molecular weight excluding hydrogens is 490 g/mol. The minimum atomic E-state index is -3.84. The molecule has 2 aliphatic carbocycles. The number of piperidine rings is 1. The van der Waals surface area contributed by atoms with Crippen LogP contribution in [0.2, 0.25) is 0 Å². The number of aliphatic hydroxyl groups excluding tert-OH is 1. The molecule has 0 bridgehead atoms. The van der Waals surface area contributed by atoms with Crippen molar-refractivity contribution in [2.45, 2.75) is 75.4 Å². The highest BCUT2D eigenvalue weighted by Crippen LogP contribution is 2.54. The van der Waals surface area contributed by atoms with E-state index in [2.05, 4.69) is 25.2 Å². The molecule has 0 unspecified atom stereocenters. The van der Waals surface area contributed by atoms with Crippen molar-refractivity contribution in [3.05, 3.63) is 42.0 Å². The van der Waals surface area contributed by atoms with Crippen LogP contribution in [0.1, 0.15) is 69.7 Å². The molecule has 2 heterocycles. The molecule has 37 heavy (non-hydrogen) atoms. The number of hydrogen-bond acceptors (Lipinski definition) is 7. The van der Waals surface area contributed by atoms with Crippen LogP contribution >= 0.6 is 0 Å². The number of nitrogens with one attached hydrogen (secondary N) is 3. The topological polar surface area (TPSA) is 124 Å². The largest absolute Gasteiger partial charge is 0.394 e. The number of pyridine rings is 1. The van der Waals surface area contributed by atoms with E-state index in [9.17, 15) is 18.3 Å². The molecule has 1 spiro atoms. The molecule has 1 saturated heterocycles. The molecule has 3 fully saturated rings. The van der Waals surface area contributed by atoms with Crippen LogP contribution in [-0.2, 0) is 10.0 Å². The maximum atomic E-state index is 13.5. The van der Waals surface area contributed by atoms with Crippen LogP contribution in [-0.4, -0.2) is 55.2 Å². The van der Waals surface area contributed by atoms with Crippen molar-refractivity contribution in [3.8, 4) is 0 Å². The number of carbonyl (C=O) groups is 1. The zero-order valence-electron chi connectivity index (χ0n) is 21.8. The number of aromatic nitrogens is 1. The molecular formula is C27H37N5O4S. The monoisotopic (exact) mass is 527 g/mol. The number of rotatable bonds is 8. The van der Waals surface area contributed by atoms with Gasteiger partial charge in [-0.2, -0.15) is 0 Å². The highest BCUT2D eigenvalue weighted by atomic mass is 32.2. The summed E-state index contributed by atoms with van der Waals surface area (Å²) in [6.45, 7) is 7.12. The molecule has 0 radical (unpaired) electrons. The number of hydrogen-bond donors (Lipinski definition) is 4. The summed E-state index contributed by atoms with van der Waals surface area (Å²) in [7, 11) is -3.84. The Balaban J connectivity index is 1.39. The highest BCUT2D eigenvalue weighted by molar-refractivity contribution is 7.89. The lowest BCUT2D eigenvalue weighted by molar-refractivity contribution is 0.102. The van der Waals surface area contributed by atoms with Gasteiger partial charge in [0.2, 0.25) is 0 Å². The third-order valence-corrected chi connectivity index (χ3v) is 9.27. The van der Waals surface area contributed by atoms with Crippen LogP contribution in [0.25, 0.3) is 0 Å². The first-order valence-corrected chi connectivity index (χ1v) is 14.5. The summed E-state index contributed by atoms with van der Waals surface area (Å²) in [5, 5.41) is 15.9. The summed E-state index contributed by atoms with van der Waals surface area (Å²) in [6.07, 6.45) is 6.67. The maximum Gasteiger partial charge on any atom is 0.258 e. The Labute approximate surface area is 219 Å². The molecule has 4 N–H and O–H groups in total. The van der Waals surface area contributed by atoms with E-state index >= 15 is 0 Å². The Morgan fingerprint density at radius 1 is 1.05 bits per heavy atom. The Bertz CT molecular complexity index is 1290. The quantitative estimate of drug-likeness (QED) is 0.412. The van der Waals surface area contributed by atoms with Crippen molar-refractivity contribution in [3.63, 3.8) is 0 Å². The van der Waals surface area contributed by atoms with Gasteiger partial charge >= 0.3 is 0 Å². The third-order valence-electron chi connectivity index (χ3n) is 7.61. The lowest BCUT2D eigenvalue weighted by Gasteiger charge is -2.35. The normalized spacial score (nSPS) is 19.9. The van der Waals surface area contributed by atoms with Crippen LogP contribution in [0.3, 0.4) is 0 Å². The smallest absolute Gasteiger partial charge is 0.258 e. The molecule has 2 saturated carbocycles. The van der Waals surface area contributed by atoms with Gasteiger partial charge in [0, 0.05) is 24.3 Å². The summed E-state index contributed by atoms with van der Waals surface area (Å²) >= 11 is 0. The van der Waals surface area contributed by atoms with Crippen molar-refractivity contribution < 1.29 is 18.3 Å². The Morgan fingerprint density at radius 3 is 2.35 bits per heavy atom.